The normalized spacial score (nSPS) is 37.6. The van der Waals surface area contributed by atoms with Crippen LogP contribution in [0.25, 0.3) is 0 Å². The predicted octanol–water partition coefficient (Wildman–Crippen LogP) is 0.527. The maximum atomic E-state index is 5.55. The summed E-state index contributed by atoms with van der Waals surface area (Å²) in [6.45, 7) is 4.78. The van der Waals surface area contributed by atoms with Gasteiger partial charge in [0.05, 0.1) is 12.8 Å². The van der Waals surface area contributed by atoms with E-state index in [0.717, 1.165) is 6.42 Å². The van der Waals surface area contributed by atoms with Gasteiger partial charge < -0.3 is 9.55 Å². The first kappa shape index (κ1) is 7.10. The molecule has 2 unspecified atom stereocenters. The maximum Gasteiger partial charge on any atom is 0.185 e. The van der Waals surface area contributed by atoms with Crippen LogP contribution in [0.3, 0.4) is 0 Å². The van der Waals surface area contributed by atoms with E-state index in [4.69, 9.17) is 12.7 Å². The van der Waals surface area contributed by atoms with Crippen molar-refractivity contribution in [3.8, 4) is 0 Å². The first-order valence-electron chi connectivity index (χ1n) is 3.38. The minimum absolute atomic E-state index is 0.343. The molecule has 1 fully saturated rings. The average molecular weight is 125 g/mol. The zero-order valence-electron chi connectivity index (χ0n) is 6.00. The van der Waals surface area contributed by atoms with Gasteiger partial charge in [0.15, 0.2) is 7.98 Å². The van der Waals surface area contributed by atoms with Gasteiger partial charge >= 0.3 is 0 Å². The fourth-order valence-corrected chi connectivity index (χ4v) is 1.11. The second kappa shape index (κ2) is 2.71. The smallest absolute Gasteiger partial charge is 0.185 e. The fourth-order valence-electron chi connectivity index (χ4n) is 1.11. The largest absolute Gasteiger partial charge is 0.362 e. The van der Waals surface area contributed by atoms with Crippen LogP contribution in [0.2, 0.25) is 0 Å². The highest BCUT2D eigenvalue weighted by molar-refractivity contribution is 6.04. The van der Waals surface area contributed by atoms with E-state index in [1.807, 2.05) is 0 Å². The zero-order chi connectivity index (χ0) is 6.85. The van der Waals surface area contributed by atoms with Crippen LogP contribution < -0.4 is 0 Å². The van der Waals surface area contributed by atoms with E-state index in [9.17, 15) is 0 Å². The van der Waals surface area contributed by atoms with Crippen LogP contribution in [0.1, 0.15) is 20.3 Å². The van der Waals surface area contributed by atoms with Gasteiger partial charge in [-0.25, -0.2) is 0 Å². The molecule has 1 aliphatic rings. The van der Waals surface area contributed by atoms with Gasteiger partial charge in [0, 0.05) is 6.04 Å². The minimum Gasteiger partial charge on any atom is -0.362 e. The Kier molecular flexibility index (Phi) is 2.14. The van der Waals surface area contributed by atoms with E-state index in [1.165, 1.54) is 0 Å². The molecule has 2 atom stereocenters. The van der Waals surface area contributed by atoms with Gasteiger partial charge in [-0.1, -0.05) is 6.92 Å². The van der Waals surface area contributed by atoms with Gasteiger partial charge in [-0.3, -0.25) is 0 Å². The molecule has 1 heterocycles. The highest BCUT2D eigenvalue weighted by Gasteiger charge is 2.26. The Balaban J connectivity index is 2.41. The molecule has 0 spiro atoms. The summed E-state index contributed by atoms with van der Waals surface area (Å²) in [4.78, 5) is 1.73. The standard InChI is InChI=1S/C6H12BNO/c1-3-6-5(2)8(7)4-9-6/h5-6H,3-4H2,1-2H3. The van der Waals surface area contributed by atoms with E-state index in [-0.39, 0.29) is 0 Å². The van der Waals surface area contributed by atoms with Gasteiger partial charge in [0.2, 0.25) is 0 Å². The molecule has 1 rings (SSSR count). The Morgan fingerprint density at radius 1 is 1.78 bits per heavy atom. The minimum atomic E-state index is 0.343. The average Bonchev–Trinajstić information content (AvgIpc) is 2.15. The lowest BCUT2D eigenvalue weighted by molar-refractivity contribution is 0.0962. The summed E-state index contributed by atoms with van der Waals surface area (Å²) in [5.74, 6) is 0. The molecule has 9 heavy (non-hydrogen) atoms. The van der Waals surface area contributed by atoms with Crippen molar-refractivity contribution in [3.63, 3.8) is 0 Å². The molecule has 3 heteroatoms. The van der Waals surface area contributed by atoms with Gasteiger partial charge in [0.1, 0.15) is 0 Å². The lowest BCUT2D eigenvalue weighted by Crippen LogP contribution is -2.29. The number of hydrogen-bond donors (Lipinski definition) is 0. The molecule has 0 aromatic rings. The molecular formula is C6H12BNO. The van der Waals surface area contributed by atoms with Crippen molar-refractivity contribution in [1.82, 2.24) is 4.81 Å². The summed E-state index contributed by atoms with van der Waals surface area (Å²) in [5, 5.41) is 0. The Hall–Kier alpha value is -0.0151. The number of rotatable bonds is 1. The van der Waals surface area contributed by atoms with Crippen LogP contribution in [-0.4, -0.2) is 31.7 Å². The molecule has 0 N–H and O–H groups in total. The highest BCUT2D eigenvalue weighted by atomic mass is 16.5. The molecular weight excluding hydrogens is 113 g/mol. The van der Waals surface area contributed by atoms with E-state index >= 15 is 0 Å². The summed E-state index contributed by atoms with van der Waals surface area (Å²) < 4.78 is 5.33. The van der Waals surface area contributed by atoms with Crippen LogP contribution in [0.5, 0.6) is 0 Å². The molecule has 0 bridgehead atoms. The van der Waals surface area contributed by atoms with Crippen molar-refractivity contribution in [2.45, 2.75) is 32.4 Å². The van der Waals surface area contributed by atoms with Crippen molar-refractivity contribution in [1.29, 1.82) is 0 Å². The zero-order valence-corrected chi connectivity index (χ0v) is 6.00. The summed E-state index contributed by atoms with van der Waals surface area (Å²) in [6, 6.07) is 0.384. The first-order chi connectivity index (χ1) is 4.25. The van der Waals surface area contributed by atoms with Crippen LogP contribution in [0, 0.1) is 0 Å². The topological polar surface area (TPSA) is 12.5 Å². The van der Waals surface area contributed by atoms with Gasteiger partial charge in [-0.15, -0.1) is 0 Å². The van der Waals surface area contributed by atoms with Gasteiger partial charge in [0.25, 0.3) is 0 Å². The van der Waals surface area contributed by atoms with E-state index < -0.39 is 0 Å². The van der Waals surface area contributed by atoms with E-state index in [2.05, 4.69) is 13.8 Å². The van der Waals surface area contributed by atoms with Gasteiger partial charge in [-0.05, 0) is 13.3 Å². The first-order valence-corrected chi connectivity index (χ1v) is 3.38. The third-order valence-corrected chi connectivity index (χ3v) is 1.90. The molecule has 0 amide bonds. The molecule has 0 saturated carbocycles. The highest BCUT2D eigenvalue weighted by Crippen LogP contribution is 2.15. The molecule has 0 aromatic heterocycles. The van der Waals surface area contributed by atoms with Crippen LogP contribution in [0.15, 0.2) is 0 Å². The molecule has 1 saturated heterocycles. The Bertz CT molecular complexity index is 99.1. The summed E-state index contributed by atoms with van der Waals surface area (Å²) in [5.41, 5.74) is 0. The van der Waals surface area contributed by atoms with Crippen molar-refractivity contribution in [3.05, 3.63) is 0 Å². The molecule has 2 nitrogen and oxygen atoms in total. The molecule has 50 valence electrons. The number of nitrogens with zero attached hydrogens (tertiary/aromatic N) is 1. The van der Waals surface area contributed by atoms with E-state index in [1.54, 1.807) is 4.81 Å². The molecule has 1 aliphatic heterocycles. The van der Waals surface area contributed by atoms with Crippen molar-refractivity contribution in [2.75, 3.05) is 6.73 Å². The molecule has 0 aliphatic carbocycles. The Labute approximate surface area is 57.6 Å². The third-order valence-electron chi connectivity index (χ3n) is 1.90. The number of hydrogen-bond acceptors (Lipinski definition) is 2. The maximum absolute atomic E-state index is 5.55. The fraction of sp³-hybridized carbons (Fsp3) is 1.00. The Morgan fingerprint density at radius 3 is 2.67 bits per heavy atom. The van der Waals surface area contributed by atoms with Crippen LogP contribution in [-0.2, 0) is 4.74 Å². The van der Waals surface area contributed by atoms with Crippen molar-refractivity contribution in [2.24, 2.45) is 0 Å². The predicted molar refractivity (Wildman–Crippen MR) is 37.1 cm³/mol. The van der Waals surface area contributed by atoms with Crippen molar-refractivity contribution >= 4 is 7.98 Å². The lowest BCUT2D eigenvalue weighted by atomic mass is 10.1. The second-order valence-corrected chi connectivity index (χ2v) is 2.50. The monoisotopic (exact) mass is 125 g/mol. The summed E-state index contributed by atoms with van der Waals surface area (Å²) in [7, 11) is 5.55. The lowest BCUT2D eigenvalue weighted by Gasteiger charge is -2.15. The van der Waals surface area contributed by atoms with Crippen LogP contribution >= 0.6 is 0 Å². The second-order valence-electron chi connectivity index (χ2n) is 2.50. The van der Waals surface area contributed by atoms with Crippen molar-refractivity contribution < 1.29 is 4.74 Å². The van der Waals surface area contributed by atoms with Gasteiger partial charge in [-0.2, -0.15) is 0 Å². The number of ether oxygens (including phenoxy) is 1. The summed E-state index contributed by atoms with van der Waals surface area (Å²) >= 11 is 0. The molecule has 0 aromatic carbocycles. The third kappa shape index (κ3) is 1.27. The quantitative estimate of drug-likeness (QED) is 0.474. The molecule has 2 radical (unpaired) electrons. The SMILES string of the molecule is [B]N1COC(CC)C1C. The Morgan fingerprint density at radius 2 is 2.44 bits per heavy atom. The summed E-state index contributed by atoms with van der Waals surface area (Å²) in [6.07, 6.45) is 1.39. The van der Waals surface area contributed by atoms with Crippen LogP contribution in [0.4, 0.5) is 0 Å². The van der Waals surface area contributed by atoms with E-state index in [0.29, 0.717) is 18.9 Å².